The van der Waals surface area contributed by atoms with Crippen LogP contribution in [0, 0.1) is 0 Å². The molecule has 0 fully saturated rings. The summed E-state index contributed by atoms with van der Waals surface area (Å²) in [5, 5.41) is 39.0. The van der Waals surface area contributed by atoms with Crippen LogP contribution in [0.15, 0.2) is 18.2 Å². The van der Waals surface area contributed by atoms with Gasteiger partial charge in [-0.05, 0) is 12.1 Å². The van der Waals surface area contributed by atoms with Gasteiger partial charge in [-0.1, -0.05) is 0 Å². The Morgan fingerprint density at radius 2 is 1.13 bits per heavy atom. The molecule has 0 aliphatic carbocycles. The maximum absolute atomic E-state index is 12.6. The fraction of sp³-hybridized carbons (Fsp3) is 0.478. The second-order valence-electron chi connectivity index (χ2n) is 8.23. The minimum absolute atomic E-state index is 0.0114. The number of aliphatic carboxylic acids is 4. The van der Waals surface area contributed by atoms with Crippen LogP contribution >= 0.6 is 0 Å². The van der Waals surface area contributed by atoms with Crippen LogP contribution in [0.1, 0.15) is 10.4 Å². The number of carbonyl (C=O) groups excluding carboxylic acids is 2. The van der Waals surface area contributed by atoms with Crippen LogP contribution in [-0.2, 0) is 28.7 Å². The second-order valence-corrected chi connectivity index (χ2v) is 8.23. The Balaban J connectivity index is 2.87. The van der Waals surface area contributed by atoms with Crippen molar-refractivity contribution in [3.63, 3.8) is 0 Å². The molecule has 0 saturated carbocycles. The van der Waals surface area contributed by atoms with Crippen LogP contribution in [0.3, 0.4) is 0 Å². The van der Waals surface area contributed by atoms with E-state index in [2.05, 4.69) is 10.1 Å². The Labute approximate surface area is 223 Å². The fourth-order valence-electron chi connectivity index (χ4n) is 3.48. The van der Waals surface area contributed by atoms with E-state index in [-0.39, 0.29) is 49.7 Å². The van der Waals surface area contributed by atoms with E-state index in [0.717, 1.165) is 4.90 Å². The Hall–Kier alpha value is -4.28. The number of methoxy groups -OCH3 is 2. The third-order valence-electron chi connectivity index (χ3n) is 5.16. The minimum Gasteiger partial charge on any atom is -0.496 e. The third-order valence-corrected chi connectivity index (χ3v) is 5.16. The molecule has 0 bridgehead atoms. The molecule has 0 atom stereocenters. The molecule has 16 nitrogen and oxygen atoms in total. The average molecular weight is 557 g/mol. The summed E-state index contributed by atoms with van der Waals surface area (Å²) in [5.41, 5.74) is 0.401. The number of amides is 1. The van der Waals surface area contributed by atoms with E-state index < -0.39 is 61.9 Å². The van der Waals surface area contributed by atoms with E-state index in [1.807, 2.05) is 0 Å². The van der Waals surface area contributed by atoms with Crippen LogP contribution in [0.2, 0.25) is 0 Å². The van der Waals surface area contributed by atoms with Gasteiger partial charge in [-0.2, -0.15) is 0 Å². The molecule has 0 heterocycles. The van der Waals surface area contributed by atoms with Gasteiger partial charge in [0.1, 0.15) is 11.3 Å². The van der Waals surface area contributed by atoms with Crippen molar-refractivity contribution in [2.45, 2.75) is 0 Å². The highest BCUT2D eigenvalue weighted by atomic mass is 16.5. The molecular formula is C23H32N4O12. The molecule has 0 aliphatic heterocycles. The number of rotatable bonds is 19. The lowest BCUT2D eigenvalue weighted by Gasteiger charge is -2.27. The summed E-state index contributed by atoms with van der Waals surface area (Å²) in [6.07, 6.45) is 0. The Morgan fingerprint density at radius 3 is 1.56 bits per heavy atom. The molecule has 5 N–H and O–H groups in total. The number of nitrogens with one attached hydrogen (secondary N) is 1. The molecule has 0 aromatic heterocycles. The molecule has 16 heteroatoms. The first-order valence-electron chi connectivity index (χ1n) is 11.4. The van der Waals surface area contributed by atoms with E-state index >= 15 is 0 Å². The quantitative estimate of drug-likeness (QED) is 0.124. The van der Waals surface area contributed by atoms with Gasteiger partial charge in [0, 0.05) is 37.9 Å². The SMILES string of the molecule is COC(=O)c1ccc(NC(=O)CN(CCN(CCN(CC(=O)O)CC(=O)O)CC(=O)O)CC(=O)O)cc1OC. The topological polar surface area (TPSA) is 224 Å². The Kier molecular flexibility index (Phi) is 13.9. The summed E-state index contributed by atoms with van der Waals surface area (Å²) < 4.78 is 9.80. The number of hydrogen-bond acceptors (Lipinski definition) is 11. The van der Waals surface area contributed by atoms with E-state index in [0.29, 0.717) is 0 Å². The number of hydrogen-bond donors (Lipinski definition) is 5. The molecule has 0 aliphatic rings. The van der Waals surface area contributed by atoms with Crippen LogP contribution in [0.25, 0.3) is 0 Å². The molecular weight excluding hydrogens is 524 g/mol. The van der Waals surface area contributed by atoms with E-state index in [1.165, 1.54) is 42.2 Å². The maximum Gasteiger partial charge on any atom is 0.341 e. The van der Waals surface area contributed by atoms with Gasteiger partial charge in [0.05, 0.1) is 46.9 Å². The number of ether oxygens (including phenoxy) is 2. The summed E-state index contributed by atoms with van der Waals surface area (Å²) in [6, 6.07) is 4.21. The molecule has 1 aromatic carbocycles. The van der Waals surface area contributed by atoms with Crippen molar-refractivity contribution in [2.24, 2.45) is 0 Å². The predicted molar refractivity (Wildman–Crippen MR) is 133 cm³/mol. The monoisotopic (exact) mass is 556 g/mol. The number of carboxylic acid groups (broad SMARTS) is 4. The number of benzene rings is 1. The Morgan fingerprint density at radius 1 is 0.692 bits per heavy atom. The highest BCUT2D eigenvalue weighted by Gasteiger charge is 2.20. The summed E-state index contributed by atoms with van der Waals surface area (Å²) >= 11 is 0. The zero-order chi connectivity index (χ0) is 29.5. The van der Waals surface area contributed by atoms with Crippen molar-refractivity contribution in [2.75, 3.05) is 78.4 Å². The van der Waals surface area contributed by atoms with E-state index in [9.17, 15) is 39.0 Å². The van der Waals surface area contributed by atoms with Crippen molar-refractivity contribution in [1.29, 1.82) is 0 Å². The number of carboxylic acids is 4. The van der Waals surface area contributed by atoms with Crippen molar-refractivity contribution >= 4 is 41.4 Å². The number of esters is 1. The summed E-state index contributed by atoms with van der Waals surface area (Å²) in [5.74, 6) is -6.03. The van der Waals surface area contributed by atoms with Gasteiger partial charge < -0.3 is 35.2 Å². The fourth-order valence-corrected chi connectivity index (χ4v) is 3.48. The van der Waals surface area contributed by atoms with Crippen molar-refractivity contribution in [3.05, 3.63) is 23.8 Å². The summed E-state index contributed by atoms with van der Waals surface area (Å²) in [6.45, 7) is -2.68. The van der Waals surface area contributed by atoms with Crippen LogP contribution in [0.5, 0.6) is 5.75 Å². The molecule has 0 unspecified atom stereocenters. The third kappa shape index (κ3) is 13.2. The standard InChI is InChI=1S/C23H32N4O12/c1-38-17-9-15(3-4-16(17)23(37)39-2)24-18(28)10-26(12-20(31)32)7-5-25(11-19(29)30)6-8-27(13-21(33)34)14-22(35)36/h3-4,9H,5-8,10-14H2,1-2H3,(H,24,28)(H,29,30)(H,31,32)(H,33,34)(H,35,36). The van der Waals surface area contributed by atoms with Gasteiger partial charge in [0.2, 0.25) is 5.91 Å². The van der Waals surface area contributed by atoms with Gasteiger partial charge in [-0.25, -0.2) is 4.79 Å². The largest absolute Gasteiger partial charge is 0.496 e. The van der Waals surface area contributed by atoms with Crippen LogP contribution in [-0.4, -0.2) is 144 Å². The van der Waals surface area contributed by atoms with E-state index in [1.54, 1.807) is 0 Å². The average Bonchev–Trinajstić information content (AvgIpc) is 2.83. The van der Waals surface area contributed by atoms with Crippen molar-refractivity contribution in [3.8, 4) is 5.75 Å². The molecule has 39 heavy (non-hydrogen) atoms. The highest BCUT2D eigenvalue weighted by Crippen LogP contribution is 2.24. The smallest absolute Gasteiger partial charge is 0.341 e. The normalized spacial score (nSPS) is 10.9. The van der Waals surface area contributed by atoms with Gasteiger partial charge in [-0.3, -0.25) is 38.7 Å². The first-order valence-corrected chi connectivity index (χ1v) is 11.4. The van der Waals surface area contributed by atoms with Crippen LogP contribution < -0.4 is 10.1 Å². The van der Waals surface area contributed by atoms with Gasteiger partial charge in [0.25, 0.3) is 0 Å². The number of anilines is 1. The van der Waals surface area contributed by atoms with E-state index in [4.69, 9.17) is 14.9 Å². The first-order chi connectivity index (χ1) is 18.3. The van der Waals surface area contributed by atoms with Gasteiger partial charge in [-0.15, -0.1) is 0 Å². The van der Waals surface area contributed by atoms with Gasteiger partial charge in [0.15, 0.2) is 0 Å². The molecule has 1 rings (SSSR count). The molecule has 216 valence electrons. The van der Waals surface area contributed by atoms with Gasteiger partial charge >= 0.3 is 29.8 Å². The lowest BCUT2D eigenvalue weighted by molar-refractivity contribution is -0.143. The molecule has 1 amide bonds. The lowest BCUT2D eigenvalue weighted by Crippen LogP contribution is -2.46. The van der Waals surface area contributed by atoms with Crippen molar-refractivity contribution in [1.82, 2.24) is 14.7 Å². The number of carbonyl (C=O) groups is 6. The highest BCUT2D eigenvalue weighted by molar-refractivity contribution is 5.96. The van der Waals surface area contributed by atoms with Crippen LogP contribution in [0.4, 0.5) is 5.69 Å². The maximum atomic E-state index is 12.6. The molecule has 1 aromatic rings. The molecule has 0 spiro atoms. The molecule has 0 saturated heterocycles. The summed E-state index contributed by atoms with van der Waals surface area (Å²) in [4.78, 5) is 72.8. The first kappa shape index (κ1) is 32.7. The second kappa shape index (κ2) is 16.5. The van der Waals surface area contributed by atoms with Crippen molar-refractivity contribution < 1.29 is 58.7 Å². The zero-order valence-corrected chi connectivity index (χ0v) is 21.5. The number of nitrogens with zero attached hydrogens (tertiary/aromatic N) is 3. The summed E-state index contributed by atoms with van der Waals surface area (Å²) in [7, 11) is 2.53. The molecule has 0 radical (unpaired) electrons. The predicted octanol–water partition coefficient (Wildman–Crippen LogP) is -1.34. The lowest BCUT2D eigenvalue weighted by atomic mass is 10.2. The zero-order valence-electron chi connectivity index (χ0n) is 21.5. The Bertz CT molecular complexity index is 1030. The minimum atomic E-state index is -1.25.